The summed E-state index contributed by atoms with van der Waals surface area (Å²) in [6.45, 7) is 6.65. The number of nitrogens with zero attached hydrogens (tertiary/aromatic N) is 4. The lowest BCUT2D eigenvalue weighted by atomic mass is 9.89. The van der Waals surface area contributed by atoms with Gasteiger partial charge in [-0.15, -0.1) is 0 Å². The Morgan fingerprint density at radius 2 is 2.06 bits per heavy atom. The normalized spacial score (nSPS) is 18.5. The number of pyridine rings is 1. The summed E-state index contributed by atoms with van der Waals surface area (Å²) in [5, 5.41) is 5.31. The molecular formula is C24H25N5O2. The molecule has 7 heteroatoms. The number of rotatable bonds is 3. The van der Waals surface area contributed by atoms with Crippen LogP contribution in [0.25, 0.3) is 22.2 Å². The van der Waals surface area contributed by atoms with E-state index in [9.17, 15) is 9.59 Å². The van der Waals surface area contributed by atoms with E-state index < -0.39 is 11.3 Å². The van der Waals surface area contributed by atoms with Crippen LogP contribution in [0.1, 0.15) is 49.3 Å². The van der Waals surface area contributed by atoms with Crippen molar-refractivity contribution in [3.8, 4) is 23.1 Å². The Kier molecular flexibility index (Phi) is 5.02. The second-order valence-electron chi connectivity index (χ2n) is 8.48. The molecule has 0 aliphatic carbocycles. The zero-order valence-corrected chi connectivity index (χ0v) is 18.1. The summed E-state index contributed by atoms with van der Waals surface area (Å²) in [5.41, 5.74) is 8.08. The first-order valence-corrected chi connectivity index (χ1v) is 10.3. The third-order valence-electron chi connectivity index (χ3n) is 5.72. The molecule has 2 N–H and O–H groups in total. The third kappa shape index (κ3) is 3.66. The molecule has 2 aromatic heterocycles. The second kappa shape index (κ2) is 7.55. The minimum absolute atomic E-state index is 0.0507. The van der Waals surface area contributed by atoms with E-state index in [1.165, 1.54) is 0 Å². The first-order valence-electron chi connectivity index (χ1n) is 10.3. The molecule has 1 aromatic carbocycles. The average molecular weight is 415 g/mol. The van der Waals surface area contributed by atoms with Crippen LogP contribution in [0.2, 0.25) is 0 Å². The first kappa shape index (κ1) is 20.6. The molecule has 1 atom stereocenters. The van der Waals surface area contributed by atoms with Gasteiger partial charge in [0.05, 0.1) is 17.4 Å². The fourth-order valence-electron chi connectivity index (χ4n) is 3.89. The lowest BCUT2D eigenvalue weighted by Gasteiger charge is -2.14. The molecule has 3 aromatic rings. The van der Waals surface area contributed by atoms with Gasteiger partial charge in [0.1, 0.15) is 11.1 Å². The van der Waals surface area contributed by atoms with Crippen molar-refractivity contribution in [2.75, 3.05) is 13.6 Å². The largest absolute Gasteiger partial charge is 0.364 e. The van der Waals surface area contributed by atoms with Crippen LogP contribution in [-0.4, -0.2) is 45.1 Å². The molecule has 1 saturated heterocycles. The molecule has 0 bridgehead atoms. The lowest BCUT2D eigenvalue weighted by molar-refractivity contribution is -0.131. The highest BCUT2D eigenvalue weighted by molar-refractivity contribution is 5.99. The van der Waals surface area contributed by atoms with Crippen molar-refractivity contribution < 1.29 is 9.59 Å². The van der Waals surface area contributed by atoms with Gasteiger partial charge in [0.15, 0.2) is 0 Å². The minimum Gasteiger partial charge on any atom is -0.364 e. The SMILES string of the molecule is CC(C)n1ncc2c(-c3cccc(C#C[C@]4(C)CCN(C)C4=O)c3)nc(C(N)=O)cc21. The monoisotopic (exact) mass is 415 g/mol. The maximum Gasteiger partial charge on any atom is 0.267 e. The number of hydrogen-bond donors (Lipinski definition) is 1. The van der Waals surface area contributed by atoms with Crippen molar-refractivity contribution in [3.05, 3.63) is 47.8 Å². The van der Waals surface area contributed by atoms with E-state index in [-0.39, 0.29) is 17.6 Å². The lowest BCUT2D eigenvalue weighted by Crippen LogP contribution is -2.28. The number of aromatic nitrogens is 3. The number of nitrogens with two attached hydrogens (primary N) is 1. The van der Waals surface area contributed by atoms with Gasteiger partial charge in [-0.2, -0.15) is 5.10 Å². The fraction of sp³-hybridized carbons (Fsp3) is 0.333. The molecule has 1 fully saturated rings. The minimum atomic E-state index is -0.666. The maximum atomic E-state index is 12.4. The Balaban J connectivity index is 1.81. The predicted molar refractivity (Wildman–Crippen MR) is 119 cm³/mol. The van der Waals surface area contributed by atoms with Gasteiger partial charge in [0.2, 0.25) is 5.91 Å². The van der Waals surface area contributed by atoms with E-state index in [2.05, 4.69) is 21.9 Å². The summed E-state index contributed by atoms with van der Waals surface area (Å²) in [6.07, 6.45) is 2.47. The van der Waals surface area contributed by atoms with Crippen molar-refractivity contribution >= 4 is 22.7 Å². The number of likely N-dealkylation sites (tertiary alicyclic amines) is 1. The highest BCUT2D eigenvalue weighted by atomic mass is 16.2. The quantitative estimate of drug-likeness (QED) is 0.666. The van der Waals surface area contributed by atoms with Gasteiger partial charge in [-0.05, 0) is 45.4 Å². The van der Waals surface area contributed by atoms with Gasteiger partial charge >= 0.3 is 0 Å². The molecule has 2 amide bonds. The Morgan fingerprint density at radius 3 is 2.71 bits per heavy atom. The van der Waals surface area contributed by atoms with Crippen LogP contribution in [-0.2, 0) is 4.79 Å². The smallest absolute Gasteiger partial charge is 0.267 e. The van der Waals surface area contributed by atoms with Crippen LogP contribution >= 0.6 is 0 Å². The van der Waals surface area contributed by atoms with Gasteiger partial charge < -0.3 is 10.6 Å². The molecular weight excluding hydrogens is 390 g/mol. The van der Waals surface area contributed by atoms with Crippen LogP contribution in [0.5, 0.6) is 0 Å². The highest BCUT2D eigenvalue weighted by Crippen LogP contribution is 2.31. The Morgan fingerprint density at radius 1 is 1.29 bits per heavy atom. The number of carbonyl (C=O) groups excluding carboxylic acids is 2. The highest BCUT2D eigenvalue weighted by Gasteiger charge is 2.39. The van der Waals surface area contributed by atoms with Crippen molar-refractivity contribution in [1.29, 1.82) is 0 Å². The number of fused-ring (bicyclic) bond motifs is 1. The number of carbonyl (C=O) groups is 2. The van der Waals surface area contributed by atoms with Crippen LogP contribution < -0.4 is 5.73 Å². The standard InChI is InChI=1S/C24H25N5O2/c1-15(2)29-20-13-19(22(25)30)27-21(18(20)14-26-29)17-7-5-6-16(12-17)8-9-24(3)10-11-28(4)23(24)31/h5-7,12-15H,10-11H2,1-4H3,(H2,25,30)/t24-/m1/s1. The third-order valence-corrected chi connectivity index (χ3v) is 5.72. The van der Waals surface area contributed by atoms with Crippen molar-refractivity contribution in [2.24, 2.45) is 11.1 Å². The summed E-state index contributed by atoms with van der Waals surface area (Å²) >= 11 is 0. The Hall–Kier alpha value is -3.66. The molecule has 3 heterocycles. The van der Waals surface area contributed by atoms with E-state index in [1.807, 2.05) is 49.7 Å². The van der Waals surface area contributed by atoms with Crippen molar-refractivity contribution in [2.45, 2.75) is 33.2 Å². The van der Waals surface area contributed by atoms with Gasteiger partial charge in [0, 0.05) is 36.1 Å². The zero-order valence-electron chi connectivity index (χ0n) is 18.1. The summed E-state index contributed by atoms with van der Waals surface area (Å²) in [4.78, 5) is 30.6. The first-order chi connectivity index (χ1) is 14.7. The van der Waals surface area contributed by atoms with E-state index in [0.717, 1.165) is 22.0 Å². The molecule has 0 unspecified atom stereocenters. The topological polar surface area (TPSA) is 94.1 Å². The van der Waals surface area contributed by atoms with E-state index >= 15 is 0 Å². The number of hydrogen-bond acceptors (Lipinski definition) is 4. The average Bonchev–Trinajstić information content (AvgIpc) is 3.29. The van der Waals surface area contributed by atoms with Crippen LogP contribution in [0.3, 0.4) is 0 Å². The van der Waals surface area contributed by atoms with E-state index in [0.29, 0.717) is 18.7 Å². The van der Waals surface area contributed by atoms with Gasteiger partial charge in [-0.3, -0.25) is 14.3 Å². The molecule has 4 rings (SSSR count). The van der Waals surface area contributed by atoms with Gasteiger partial charge in [-0.1, -0.05) is 24.0 Å². The Labute approximate surface area is 181 Å². The molecule has 158 valence electrons. The van der Waals surface area contributed by atoms with Crippen LogP contribution in [0.4, 0.5) is 0 Å². The number of primary amides is 1. The Bertz CT molecular complexity index is 1260. The summed E-state index contributed by atoms with van der Waals surface area (Å²) < 4.78 is 1.85. The van der Waals surface area contributed by atoms with Gasteiger partial charge in [-0.25, -0.2) is 4.98 Å². The number of amides is 2. The molecule has 0 saturated carbocycles. The van der Waals surface area contributed by atoms with Gasteiger partial charge in [0.25, 0.3) is 5.91 Å². The number of benzene rings is 1. The summed E-state index contributed by atoms with van der Waals surface area (Å²) in [6, 6.07) is 9.42. The maximum absolute atomic E-state index is 12.4. The molecule has 7 nitrogen and oxygen atoms in total. The van der Waals surface area contributed by atoms with E-state index in [4.69, 9.17) is 5.73 Å². The molecule has 1 aliphatic rings. The summed E-state index contributed by atoms with van der Waals surface area (Å²) in [7, 11) is 1.80. The fourth-order valence-corrected chi connectivity index (χ4v) is 3.89. The van der Waals surface area contributed by atoms with Crippen molar-refractivity contribution in [1.82, 2.24) is 19.7 Å². The molecule has 1 aliphatic heterocycles. The van der Waals surface area contributed by atoms with Crippen LogP contribution in [0.15, 0.2) is 36.5 Å². The molecule has 31 heavy (non-hydrogen) atoms. The molecule has 0 spiro atoms. The zero-order chi connectivity index (χ0) is 22.3. The second-order valence-corrected chi connectivity index (χ2v) is 8.48. The predicted octanol–water partition coefficient (Wildman–Crippen LogP) is 3.00. The summed E-state index contributed by atoms with van der Waals surface area (Å²) in [5.74, 6) is 5.79. The van der Waals surface area contributed by atoms with Crippen LogP contribution in [0, 0.1) is 17.3 Å². The van der Waals surface area contributed by atoms with Crippen molar-refractivity contribution in [3.63, 3.8) is 0 Å². The molecule has 0 radical (unpaired) electrons. The van der Waals surface area contributed by atoms with E-state index in [1.54, 1.807) is 24.2 Å².